The van der Waals surface area contributed by atoms with E-state index in [1.807, 2.05) is 0 Å². The third kappa shape index (κ3) is 6.32. The number of carbonyl (C=O) groups is 2. The number of aliphatic hydroxyl groups is 3. The predicted molar refractivity (Wildman–Crippen MR) is 86.7 cm³/mol. The molecule has 1 aliphatic rings. The smallest absolute Gasteiger partial charge is 0.248 e. The zero-order valence-electron chi connectivity index (χ0n) is 12.9. The highest BCUT2D eigenvalue weighted by molar-refractivity contribution is 7.99. The average Bonchev–Trinajstić information content (AvgIpc) is 2.56. The van der Waals surface area contributed by atoms with Crippen LogP contribution in [-0.2, 0) is 9.59 Å². The van der Waals surface area contributed by atoms with E-state index in [9.17, 15) is 14.7 Å². The molecule has 0 saturated carbocycles. The Bertz CT molecular complexity index is 446. The Morgan fingerprint density at radius 2 is 1.78 bits per heavy atom. The van der Waals surface area contributed by atoms with E-state index >= 15 is 0 Å². The summed E-state index contributed by atoms with van der Waals surface area (Å²) in [5.74, 6) is 0.0523. The van der Waals surface area contributed by atoms with Crippen molar-refractivity contribution >= 4 is 23.6 Å². The molecule has 0 aromatic heterocycles. The molecule has 2 amide bonds. The van der Waals surface area contributed by atoms with Crippen molar-refractivity contribution in [1.82, 2.24) is 14.7 Å². The normalized spacial score (nSPS) is 17.2. The molecule has 1 aliphatic heterocycles. The van der Waals surface area contributed by atoms with E-state index in [4.69, 9.17) is 10.2 Å². The first-order chi connectivity index (χ1) is 10.9. The lowest BCUT2D eigenvalue weighted by atomic mass is 10.3. The lowest BCUT2D eigenvalue weighted by Gasteiger charge is -2.43. The quantitative estimate of drug-likeness (QED) is 0.223. The van der Waals surface area contributed by atoms with Crippen molar-refractivity contribution in [2.24, 2.45) is 0 Å². The van der Waals surface area contributed by atoms with Crippen LogP contribution in [-0.4, -0.2) is 85.9 Å². The van der Waals surface area contributed by atoms with Gasteiger partial charge in [-0.25, -0.2) is 4.90 Å². The van der Waals surface area contributed by atoms with E-state index < -0.39 is 12.5 Å². The highest BCUT2D eigenvalue weighted by Gasteiger charge is 2.30. The fourth-order valence-electron chi connectivity index (χ4n) is 2.03. The lowest BCUT2D eigenvalue weighted by molar-refractivity contribution is -0.156. The Morgan fingerprint density at radius 3 is 2.35 bits per heavy atom. The van der Waals surface area contributed by atoms with Gasteiger partial charge >= 0.3 is 0 Å². The maximum Gasteiger partial charge on any atom is 0.248 e. The second-order valence-electron chi connectivity index (χ2n) is 4.98. The minimum Gasteiger partial charge on any atom is -0.375 e. The average molecular weight is 345 g/mol. The van der Waals surface area contributed by atoms with Crippen LogP contribution in [0, 0.1) is 0 Å². The first-order valence-electron chi connectivity index (χ1n) is 7.06. The molecule has 1 heterocycles. The van der Waals surface area contributed by atoms with Crippen molar-refractivity contribution in [1.29, 1.82) is 0 Å². The molecule has 9 heteroatoms. The molecule has 1 rings (SSSR count). The van der Waals surface area contributed by atoms with Crippen LogP contribution in [0.15, 0.2) is 25.3 Å². The summed E-state index contributed by atoms with van der Waals surface area (Å²) in [5, 5.41) is 27.4. The van der Waals surface area contributed by atoms with Crippen molar-refractivity contribution < 1.29 is 24.9 Å². The summed E-state index contributed by atoms with van der Waals surface area (Å²) in [4.78, 5) is 28.4. The van der Waals surface area contributed by atoms with Crippen LogP contribution in [0.3, 0.4) is 0 Å². The van der Waals surface area contributed by atoms with Crippen molar-refractivity contribution in [2.45, 2.75) is 18.9 Å². The van der Waals surface area contributed by atoms with Gasteiger partial charge in [-0.1, -0.05) is 13.2 Å². The zero-order chi connectivity index (χ0) is 17.4. The maximum atomic E-state index is 12.2. The topological polar surface area (TPSA) is 105 Å². The van der Waals surface area contributed by atoms with E-state index in [0.29, 0.717) is 5.75 Å². The van der Waals surface area contributed by atoms with Crippen LogP contribution in [0.2, 0.25) is 0 Å². The Balaban J connectivity index is 2.63. The highest BCUT2D eigenvalue weighted by atomic mass is 32.2. The third-order valence-corrected chi connectivity index (χ3v) is 4.22. The SMILES string of the molecule is C=CC(=O)N1CN(C(=O)CCSCC(O)O)CN(C(O)C=C)C1. The Kier molecular flexibility index (Phi) is 8.28. The van der Waals surface area contributed by atoms with E-state index in [-0.39, 0.29) is 44.0 Å². The molecule has 1 fully saturated rings. The molecule has 23 heavy (non-hydrogen) atoms. The van der Waals surface area contributed by atoms with Crippen LogP contribution in [0.25, 0.3) is 0 Å². The summed E-state index contributed by atoms with van der Waals surface area (Å²) < 4.78 is 0. The number of rotatable bonds is 8. The Labute approximate surface area is 139 Å². The van der Waals surface area contributed by atoms with Gasteiger partial charge in [0.1, 0.15) is 6.23 Å². The molecule has 0 aromatic rings. The van der Waals surface area contributed by atoms with Gasteiger partial charge in [0.25, 0.3) is 0 Å². The number of nitrogens with zero attached hydrogens (tertiary/aromatic N) is 3. The number of hydrogen-bond donors (Lipinski definition) is 3. The molecule has 0 aliphatic carbocycles. The fourth-order valence-corrected chi connectivity index (χ4v) is 2.72. The van der Waals surface area contributed by atoms with Gasteiger partial charge in [0, 0.05) is 17.9 Å². The molecule has 1 atom stereocenters. The molecule has 0 radical (unpaired) electrons. The van der Waals surface area contributed by atoms with Crippen molar-refractivity contribution in [3.05, 3.63) is 25.3 Å². The summed E-state index contributed by atoms with van der Waals surface area (Å²) in [6.45, 7) is 7.41. The van der Waals surface area contributed by atoms with E-state index in [1.54, 1.807) is 0 Å². The van der Waals surface area contributed by atoms with Crippen molar-refractivity contribution in [3.8, 4) is 0 Å². The highest BCUT2D eigenvalue weighted by Crippen LogP contribution is 2.14. The first-order valence-corrected chi connectivity index (χ1v) is 8.22. The van der Waals surface area contributed by atoms with Crippen LogP contribution in [0.1, 0.15) is 6.42 Å². The molecule has 1 saturated heterocycles. The largest absolute Gasteiger partial charge is 0.375 e. The summed E-state index contributed by atoms with van der Waals surface area (Å²) in [6, 6.07) is 0. The van der Waals surface area contributed by atoms with Crippen LogP contribution in [0.5, 0.6) is 0 Å². The third-order valence-electron chi connectivity index (χ3n) is 3.20. The number of aliphatic hydroxyl groups excluding tert-OH is 2. The first kappa shape index (κ1) is 19.7. The number of carbonyl (C=O) groups excluding carboxylic acids is 2. The van der Waals surface area contributed by atoms with E-state index in [0.717, 1.165) is 6.08 Å². The summed E-state index contributed by atoms with van der Waals surface area (Å²) in [7, 11) is 0. The summed E-state index contributed by atoms with van der Waals surface area (Å²) in [5.41, 5.74) is 0. The van der Waals surface area contributed by atoms with Crippen LogP contribution >= 0.6 is 11.8 Å². The molecule has 8 nitrogen and oxygen atoms in total. The number of thioether (sulfide) groups is 1. The molecular weight excluding hydrogens is 322 g/mol. The van der Waals surface area contributed by atoms with Gasteiger partial charge in [0.2, 0.25) is 11.8 Å². The van der Waals surface area contributed by atoms with Gasteiger partial charge in [-0.15, -0.1) is 0 Å². The zero-order valence-corrected chi connectivity index (χ0v) is 13.7. The minimum atomic E-state index is -1.40. The Morgan fingerprint density at radius 1 is 1.13 bits per heavy atom. The molecule has 3 N–H and O–H groups in total. The van der Waals surface area contributed by atoms with Gasteiger partial charge < -0.3 is 25.1 Å². The van der Waals surface area contributed by atoms with Gasteiger partial charge in [0.15, 0.2) is 6.29 Å². The van der Waals surface area contributed by atoms with Gasteiger partial charge in [0.05, 0.1) is 20.0 Å². The fraction of sp³-hybridized carbons (Fsp3) is 0.571. The number of amides is 2. The Hall–Kier alpha value is -1.39. The minimum absolute atomic E-state index is 0.122. The summed E-state index contributed by atoms with van der Waals surface area (Å²) >= 11 is 1.25. The monoisotopic (exact) mass is 345 g/mol. The van der Waals surface area contributed by atoms with Gasteiger partial charge in [-0.05, 0) is 12.2 Å². The second-order valence-corrected chi connectivity index (χ2v) is 6.13. The van der Waals surface area contributed by atoms with Crippen LogP contribution in [0.4, 0.5) is 0 Å². The van der Waals surface area contributed by atoms with E-state index in [1.165, 1.54) is 32.5 Å². The van der Waals surface area contributed by atoms with Crippen molar-refractivity contribution in [2.75, 3.05) is 31.5 Å². The molecule has 1 unspecified atom stereocenters. The molecule has 130 valence electrons. The maximum absolute atomic E-state index is 12.2. The van der Waals surface area contributed by atoms with Gasteiger partial charge in [-0.2, -0.15) is 11.8 Å². The number of hydrogen-bond acceptors (Lipinski definition) is 7. The van der Waals surface area contributed by atoms with Crippen LogP contribution < -0.4 is 0 Å². The molecular formula is C14H23N3O5S. The molecule has 0 spiro atoms. The van der Waals surface area contributed by atoms with Crippen molar-refractivity contribution in [3.63, 3.8) is 0 Å². The molecule has 0 aromatic carbocycles. The van der Waals surface area contributed by atoms with Gasteiger partial charge in [-0.3, -0.25) is 9.59 Å². The molecule has 0 bridgehead atoms. The standard InChI is InChI=1S/C14H23N3O5S/c1-3-11(18)15-8-16(12(19)4-2)10-17(9-15)13(20)5-6-23-7-14(21)22/h3-4,11,14,18,21-22H,1-2,5-10H2. The summed E-state index contributed by atoms with van der Waals surface area (Å²) in [6.07, 6.45) is 0.313. The predicted octanol–water partition coefficient (Wildman–Crippen LogP) is -1.04. The lowest BCUT2D eigenvalue weighted by Crippen LogP contribution is -2.60. The van der Waals surface area contributed by atoms with E-state index in [2.05, 4.69) is 13.2 Å². The second kappa shape index (κ2) is 9.68.